The molecule has 1 saturated heterocycles. The lowest BCUT2D eigenvalue weighted by Crippen LogP contribution is -2.38. The summed E-state index contributed by atoms with van der Waals surface area (Å²) in [7, 11) is -3.75. The molecule has 1 aromatic rings. The molecule has 0 unspecified atom stereocenters. The number of aryl methyl sites for hydroxylation is 1. The maximum Gasteiger partial charge on any atom is 0.243 e. The molecule has 6 nitrogen and oxygen atoms in total. The van der Waals surface area contributed by atoms with Gasteiger partial charge in [-0.15, -0.1) is 0 Å². The van der Waals surface area contributed by atoms with E-state index >= 15 is 0 Å². The van der Waals surface area contributed by atoms with E-state index in [2.05, 4.69) is 4.72 Å². The number of nitrogens with zero attached hydrogens (tertiary/aromatic N) is 1. The second-order valence-electron chi connectivity index (χ2n) is 4.95. The van der Waals surface area contributed by atoms with Crippen LogP contribution in [0.25, 0.3) is 0 Å². The minimum absolute atomic E-state index is 0.0114. The zero-order valence-corrected chi connectivity index (χ0v) is 12.2. The average Bonchev–Trinajstić information content (AvgIpc) is 2.89. The van der Waals surface area contributed by atoms with Crippen molar-refractivity contribution in [1.82, 2.24) is 9.62 Å². The van der Waals surface area contributed by atoms with Crippen molar-refractivity contribution in [3.63, 3.8) is 0 Å². The van der Waals surface area contributed by atoms with Crippen LogP contribution in [-0.4, -0.2) is 38.9 Å². The lowest BCUT2D eigenvalue weighted by Gasteiger charge is -2.16. The predicted molar refractivity (Wildman–Crippen MR) is 76.6 cm³/mol. The first kappa shape index (κ1) is 14.8. The fourth-order valence-corrected chi connectivity index (χ4v) is 3.31. The van der Waals surface area contributed by atoms with E-state index in [4.69, 9.17) is 5.73 Å². The van der Waals surface area contributed by atoms with Crippen LogP contribution >= 0.6 is 0 Å². The van der Waals surface area contributed by atoms with Crippen LogP contribution in [0.4, 0.5) is 5.69 Å². The molecule has 1 amide bonds. The molecule has 0 atom stereocenters. The number of hydrogen-bond donors (Lipinski definition) is 2. The van der Waals surface area contributed by atoms with Gasteiger partial charge < -0.3 is 10.6 Å². The third-order valence-corrected chi connectivity index (χ3v) is 4.80. The number of nitrogens with one attached hydrogen (secondary N) is 1. The Morgan fingerprint density at radius 1 is 1.35 bits per heavy atom. The van der Waals surface area contributed by atoms with Crippen LogP contribution in [-0.2, 0) is 14.8 Å². The molecule has 1 heterocycles. The second-order valence-corrected chi connectivity index (χ2v) is 6.69. The number of hydrogen-bond acceptors (Lipinski definition) is 4. The molecule has 2 rings (SSSR count). The number of nitrogen functional groups attached to an aromatic ring is 1. The molecule has 7 heteroatoms. The van der Waals surface area contributed by atoms with E-state index in [1.54, 1.807) is 17.0 Å². The van der Waals surface area contributed by atoms with Crippen molar-refractivity contribution < 1.29 is 13.2 Å². The molecule has 0 aliphatic carbocycles. The van der Waals surface area contributed by atoms with Gasteiger partial charge >= 0.3 is 0 Å². The van der Waals surface area contributed by atoms with Gasteiger partial charge in [-0.2, -0.15) is 0 Å². The van der Waals surface area contributed by atoms with Gasteiger partial charge in [0.25, 0.3) is 0 Å². The number of rotatable bonds is 4. The van der Waals surface area contributed by atoms with Crippen LogP contribution < -0.4 is 10.5 Å². The number of nitrogens with two attached hydrogens (primary N) is 1. The maximum absolute atomic E-state index is 12.1. The molecular formula is C13H19N3O3S. The van der Waals surface area contributed by atoms with Gasteiger partial charge in [0.1, 0.15) is 4.90 Å². The minimum atomic E-state index is -3.75. The smallest absolute Gasteiger partial charge is 0.243 e. The number of amides is 1. The zero-order chi connectivity index (χ0) is 14.8. The van der Waals surface area contributed by atoms with E-state index in [1.807, 2.05) is 6.92 Å². The Morgan fingerprint density at radius 2 is 2.00 bits per heavy atom. The summed E-state index contributed by atoms with van der Waals surface area (Å²) in [6.45, 7) is 3.01. The van der Waals surface area contributed by atoms with Crippen LogP contribution in [0.2, 0.25) is 0 Å². The first-order chi connectivity index (χ1) is 9.40. The number of benzene rings is 1. The second kappa shape index (κ2) is 5.80. The van der Waals surface area contributed by atoms with Crippen molar-refractivity contribution in [2.45, 2.75) is 24.7 Å². The molecule has 1 aromatic carbocycles. The molecule has 110 valence electrons. The quantitative estimate of drug-likeness (QED) is 0.791. The first-order valence-electron chi connectivity index (χ1n) is 6.54. The van der Waals surface area contributed by atoms with Crippen LogP contribution in [0.3, 0.4) is 0 Å². The Labute approximate surface area is 119 Å². The predicted octanol–water partition coefficient (Wildman–Crippen LogP) is 0.478. The largest absolute Gasteiger partial charge is 0.398 e. The third kappa shape index (κ3) is 3.29. The lowest BCUT2D eigenvalue weighted by molar-refractivity contribution is -0.128. The summed E-state index contributed by atoms with van der Waals surface area (Å²) >= 11 is 0. The molecule has 0 saturated carbocycles. The Hall–Kier alpha value is -1.60. The van der Waals surface area contributed by atoms with E-state index in [9.17, 15) is 13.2 Å². The summed E-state index contributed by atoms with van der Waals surface area (Å²) in [5.74, 6) is -0.197. The fourth-order valence-electron chi connectivity index (χ4n) is 2.23. The van der Waals surface area contributed by atoms with E-state index in [-0.39, 0.29) is 23.0 Å². The molecule has 20 heavy (non-hydrogen) atoms. The average molecular weight is 297 g/mol. The molecule has 0 aromatic heterocycles. The van der Waals surface area contributed by atoms with E-state index in [0.29, 0.717) is 13.1 Å². The number of sulfonamides is 1. The van der Waals surface area contributed by atoms with Gasteiger partial charge in [0.15, 0.2) is 0 Å². The van der Waals surface area contributed by atoms with Crippen molar-refractivity contribution >= 4 is 21.6 Å². The summed E-state index contributed by atoms with van der Waals surface area (Å²) in [5.41, 5.74) is 6.79. The van der Waals surface area contributed by atoms with E-state index < -0.39 is 10.0 Å². The Kier molecular flexibility index (Phi) is 4.29. The molecule has 1 fully saturated rings. The maximum atomic E-state index is 12.1. The van der Waals surface area contributed by atoms with Crippen molar-refractivity contribution in [3.8, 4) is 0 Å². The number of carbonyl (C=O) groups is 1. The Balaban J connectivity index is 2.05. The molecule has 1 aliphatic heterocycles. The monoisotopic (exact) mass is 297 g/mol. The van der Waals surface area contributed by atoms with Crippen molar-refractivity contribution in [1.29, 1.82) is 0 Å². The van der Waals surface area contributed by atoms with Gasteiger partial charge in [-0.05, 0) is 37.5 Å². The van der Waals surface area contributed by atoms with Crippen LogP contribution in [0.1, 0.15) is 18.4 Å². The van der Waals surface area contributed by atoms with Gasteiger partial charge in [0.05, 0.1) is 12.2 Å². The van der Waals surface area contributed by atoms with Gasteiger partial charge in [-0.1, -0.05) is 6.07 Å². The molecule has 0 radical (unpaired) electrons. The highest BCUT2D eigenvalue weighted by Crippen LogP contribution is 2.19. The highest BCUT2D eigenvalue weighted by atomic mass is 32.2. The third-order valence-electron chi connectivity index (χ3n) is 3.33. The standard InChI is InChI=1S/C13H19N3O3S/c1-10-4-5-12(11(14)8-10)20(18,19)15-9-13(17)16-6-2-3-7-16/h4-5,8,15H,2-3,6-7,9,14H2,1H3. The number of likely N-dealkylation sites (tertiary alicyclic amines) is 1. The highest BCUT2D eigenvalue weighted by molar-refractivity contribution is 7.89. The van der Waals surface area contributed by atoms with Gasteiger partial charge in [0.2, 0.25) is 15.9 Å². The summed E-state index contributed by atoms with van der Waals surface area (Å²) in [6, 6.07) is 4.72. The molecule has 0 spiro atoms. The van der Waals surface area contributed by atoms with Crippen LogP contribution in [0, 0.1) is 6.92 Å². The SMILES string of the molecule is Cc1ccc(S(=O)(=O)NCC(=O)N2CCCC2)c(N)c1. The molecule has 3 N–H and O–H groups in total. The van der Waals surface area contributed by atoms with Gasteiger partial charge in [-0.3, -0.25) is 4.79 Å². The topological polar surface area (TPSA) is 92.5 Å². The van der Waals surface area contributed by atoms with E-state index in [0.717, 1.165) is 18.4 Å². The van der Waals surface area contributed by atoms with Crippen molar-refractivity contribution in [3.05, 3.63) is 23.8 Å². The fraction of sp³-hybridized carbons (Fsp3) is 0.462. The number of anilines is 1. The van der Waals surface area contributed by atoms with E-state index in [1.165, 1.54) is 6.07 Å². The molecule has 1 aliphatic rings. The molecular weight excluding hydrogens is 278 g/mol. The van der Waals surface area contributed by atoms with Crippen LogP contribution in [0.5, 0.6) is 0 Å². The first-order valence-corrected chi connectivity index (χ1v) is 8.02. The lowest BCUT2D eigenvalue weighted by atomic mass is 10.2. The summed E-state index contributed by atoms with van der Waals surface area (Å²) < 4.78 is 26.6. The zero-order valence-electron chi connectivity index (χ0n) is 11.4. The van der Waals surface area contributed by atoms with Gasteiger partial charge in [0, 0.05) is 13.1 Å². The normalized spacial score (nSPS) is 15.6. The summed E-state index contributed by atoms with van der Waals surface area (Å²) in [6.07, 6.45) is 1.95. The highest BCUT2D eigenvalue weighted by Gasteiger charge is 2.22. The summed E-state index contributed by atoms with van der Waals surface area (Å²) in [5, 5.41) is 0. The molecule has 0 bridgehead atoms. The van der Waals surface area contributed by atoms with Crippen molar-refractivity contribution in [2.75, 3.05) is 25.4 Å². The Morgan fingerprint density at radius 3 is 2.60 bits per heavy atom. The van der Waals surface area contributed by atoms with Crippen LogP contribution in [0.15, 0.2) is 23.1 Å². The number of carbonyl (C=O) groups excluding carboxylic acids is 1. The van der Waals surface area contributed by atoms with Crippen molar-refractivity contribution in [2.24, 2.45) is 0 Å². The Bertz CT molecular complexity index is 607. The minimum Gasteiger partial charge on any atom is -0.398 e. The van der Waals surface area contributed by atoms with Gasteiger partial charge in [-0.25, -0.2) is 13.1 Å². The summed E-state index contributed by atoms with van der Waals surface area (Å²) in [4.78, 5) is 13.5.